The average Bonchev–Trinajstić information content (AvgIpc) is 3.19. The minimum atomic E-state index is 0.421. The lowest BCUT2D eigenvalue weighted by Gasteiger charge is -2.25. The van der Waals surface area contributed by atoms with Crippen LogP contribution in [-0.4, -0.2) is 38.7 Å². The van der Waals surface area contributed by atoms with E-state index in [1.54, 1.807) is 18.1 Å². The van der Waals surface area contributed by atoms with E-state index in [1.807, 2.05) is 34.6 Å². The van der Waals surface area contributed by atoms with Crippen LogP contribution < -0.4 is 11.1 Å². The van der Waals surface area contributed by atoms with Crippen LogP contribution in [0.25, 0.3) is 22.2 Å². The van der Waals surface area contributed by atoms with Crippen LogP contribution in [0.1, 0.15) is 16.7 Å². The number of nitrogens with zero attached hydrogens (tertiary/aromatic N) is 5. The number of nitrogens with two attached hydrogens (primary N) is 1. The normalized spacial score (nSPS) is 13.7. The molecule has 0 amide bonds. The number of fused-ring (bicyclic) bond motifs is 2. The molecule has 0 fully saturated rings. The van der Waals surface area contributed by atoms with E-state index in [1.165, 1.54) is 11.1 Å². The van der Waals surface area contributed by atoms with Gasteiger partial charge < -0.3 is 16.0 Å². The zero-order chi connectivity index (χ0) is 22.2. The SMILES string of the molecule is CSn1cc(-c2nc(Nc3ccc4c(c3)CN(C)CC4)ncc2C#N)c2cccc(N)c21. The minimum Gasteiger partial charge on any atom is -0.397 e. The lowest BCUT2D eigenvalue weighted by Crippen LogP contribution is -2.26. The fraction of sp³-hybridized carbons (Fsp3) is 0.208. The molecular weight excluding hydrogens is 418 g/mol. The van der Waals surface area contributed by atoms with Crippen molar-refractivity contribution in [2.75, 3.05) is 30.9 Å². The highest BCUT2D eigenvalue weighted by Gasteiger charge is 2.18. The summed E-state index contributed by atoms with van der Waals surface area (Å²) in [6.07, 6.45) is 6.60. The van der Waals surface area contributed by atoms with E-state index in [0.717, 1.165) is 41.7 Å². The monoisotopic (exact) mass is 441 g/mol. The molecule has 0 radical (unpaired) electrons. The number of rotatable bonds is 4. The molecule has 3 heterocycles. The Morgan fingerprint density at radius 3 is 2.91 bits per heavy atom. The number of nitrogen functional groups attached to an aromatic ring is 1. The van der Waals surface area contributed by atoms with Crippen LogP contribution in [0, 0.1) is 11.3 Å². The van der Waals surface area contributed by atoms with Crippen molar-refractivity contribution in [3.63, 3.8) is 0 Å². The first-order chi connectivity index (χ1) is 15.6. The molecule has 0 aliphatic carbocycles. The van der Waals surface area contributed by atoms with Gasteiger partial charge in [-0.05, 0) is 54.7 Å². The molecule has 160 valence electrons. The van der Waals surface area contributed by atoms with Gasteiger partial charge in [-0.1, -0.05) is 18.2 Å². The Balaban J connectivity index is 1.57. The van der Waals surface area contributed by atoms with Crippen molar-refractivity contribution in [1.82, 2.24) is 18.8 Å². The van der Waals surface area contributed by atoms with Gasteiger partial charge in [0.05, 0.1) is 28.7 Å². The molecule has 5 rings (SSSR count). The van der Waals surface area contributed by atoms with E-state index in [2.05, 4.69) is 46.5 Å². The van der Waals surface area contributed by atoms with Crippen LogP contribution in [0.3, 0.4) is 0 Å². The molecule has 7 nitrogen and oxygen atoms in total. The van der Waals surface area contributed by atoms with E-state index in [9.17, 15) is 5.26 Å². The molecule has 1 aliphatic heterocycles. The van der Waals surface area contributed by atoms with Gasteiger partial charge in [0.1, 0.15) is 6.07 Å². The van der Waals surface area contributed by atoms with Crippen molar-refractivity contribution >= 4 is 40.2 Å². The molecule has 2 aromatic heterocycles. The molecular formula is C24H23N7S. The number of nitrogens with one attached hydrogen (secondary N) is 1. The van der Waals surface area contributed by atoms with Gasteiger partial charge in [0.25, 0.3) is 0 Å². The summed E-state index contributed by atoms with van der Waals surface area (Å²) < 4.78 is 2.01. The number of nitriles is 1. The predicted octanol–water partition coefficient (Wildman–Crippen LogP) is 4.41. The number of likely N-dealkylation sites (N-methyl/N-ethyl adjacent to an activating group) is 1. The molecule has 0 unspecified atom stereocenters. The maximum atomic E-state index is 9.72. The second-order valence-corrected chi connectivity index (χ2v) is 8.72. The lowest BCUT2D eigenvalue weighted by atomic mass is 9.99. The third-order valence-corrected chi connectivity index (χ3v) is 6.53. The Morgan fingerprint density at radius 1 is 1.22 bits per heavy atom. The van der Waals surface area contributed by atoms with Gasteiger partial charge in [-0.3, -0.25) is 3.97 Å². The summed E-state index contributed by atoms with van der Waals surface area (Å²) in [6.45, 7) is 2.01. The number of benzene rings is 2. The molecule has 0 saturated carbocycles. The summed E-state index contributed by atoms with van der Waals surface area (Å²) in [5, 5.41) is 14.0. The van der Waals surface area contributed by atoms with E-state index in [-0.39, 0.29) is 0 Å². The highest BCUT2D eigenvalue weighted by atomic mass is 32.2. The largest absolute Gasteiger partial charge is 0.397 e. The zero-order valence-electron chi connectivity index (χ0n) is 18.0. The Labute approximate surface area is 191 Å². The summed E-state index contributed by atoms with van der Waals surface area (Å²) in [7, 11) is 2.14. The van der Waals surface area contributed by atoms with Crippen LogP contribution in [0.15, 0.2) is 48.8 Å². The first kappa shape index (κ1) is 20.4. The minimum absolute atomic E-state index is 0.421. The van der Waals surface area contributed by atoms with Gasteiger partial charge in [0.15, 0.2) is 0 Å². The number of hydrogen-bond donors (Lipinski definition) is 2. The Morgan fingerprint density at radius 2 is 2.09 bits per heavy atom. The molecule has 0 atom stereocenters. The van der Waals surface area contributed by atoms with Crippen LogP contribution in [0.4, 0.5) is 17.3 Å². The highest BCUT2D eigenvalue weighted by Crippen LogP contribution is 2.36. The molecule has 1 aliphatic rings. The predicted molar refractivity (Wildman–Crippen MR) is 131 cm³/mol. The van der Waals surface area contributed by atoms with Gasteiger partial charge >= 0.3 is 0 Å². The molecule has 4 aromatic rings. The first-order valence-electron chi connectivity index (χ1n) is 10.4. The first-order valence-corrected chi connectivity index (χ1v) is 11.5. The van der Waals surface area contributed by atoms with Crippen molar-refractivity contribution in [1.29, 1.82) is 5.26 Å². The maximum Gasteiger partial charge on any atom is 0.227 e. The Bertz CT molecular complexity index is 1370. The molecule has 0 spiro atoms. The third-order valence-electron chi connectivity index (χ3n) is 5.85. The number of anilines is 3. The van der Waals surface area contributed by atoms with Crippen LogP contribution in [0.5, 0.6) is 0 Å². The summed E-state index contributed by atoms with van der Waals surface area (Å²) in [4.78, 5) is 11.5. The van der Waals surface area contributed by atoms with Gasteiger partial charge in [-0.2, -0.15) is 5.26 Å². The van der Waals surface area contributed by atoms with E-state index in [0.29, 0.717) is 22.9 Å². The highest BCUT2D eigenvalue weighted by molar-refractivity contribution is 7.97. The third kappa shape index (κ3) is 3.55. The van der Waals surface area contributed by atoms with Crippen LogP contribution in [-0.2, 0) is 13.0 Å². The Hall–Kier alpha value is -3.54. The van der Waals surface area contributed by atoms with Crippen LogP contribution in [0.2, 0.25) is 0 Å². The van der Waals surface area contributed by atoms with E-state index < -0.39 is 0 Å². The molecule has 2 aromatic carbocycles. The summed E-state index contributed by atoms with van der Waals surface area (Å²) in [5.74, 6) is 0.456. The molecule has 0 saturated heterocycles. The standard InChI is InChI=1S/C24H23N7S/c1-30-9-8-15-6-7-18(10-16(15)13-30)28-24-27-12-17(11-25)22(29-24)20-14-31(32-2)23-19(20)4-3-5-21(23)26/h3-7,10,12,14H,8-9,13,26H2,1-2H3,(H,27,28,29). The summed E-state index contributed by atoms with van der Waals surface area (Å²) >= 11 is 1.55. The molecule has 0 bridgehead atoms. The summed E-state index contributed by atoms with van der Waals surface area (Å²) in [5.41, 5.74) is 13.4. The molecule has 8 heteroatoms. The van der Waals surface area contributed by atoms with Gasteiger partial charge in [-0.25, -0.2) is 9.97 Å². The summed E-state index contributed by atoms with van der Waals surface area (Å²) in [6, 6.07) is 14.4. The van der Waals surface area contributed by atoms with E-state index >= 15 is 0 Å². The number of aromatic nitrogens is 3. The van der Waals surface area contributed by atoms with Gasteiger partial charge in [-0.15, -0.1) is 0 Å². The van der Waals surface area contributed by atoms with Crippen molar-refractivity contribution < 1.29 is 0 Å². The quantitative estimate of drug-likeness (QED) is 0.453. The van der Waals surface area contributed by atoms with Crippen LogP contribution >= 0.6 is 11.9 Å². The Kier molecular flexibility index (Phi) is 5.21. The molecule has 3 N–H and O–H groups in total. The number of hydrogen-bond acceptors (Lipinski definition) is 7. The van der Waals surface area contributed by atoms with E-state index in [4.69, 9.17) is 10.7 Å². The topological polar surface area (TPSA) is 95.8 Å². The second-order valence-electron chi connectivity index (χ2n) is 7.96. The molecule has 32 heavy (non-hydrogen) atoms. The van der Waals surface area contributed by atoms with Crippen molar-refractivity contribution in [2.24, 2.45) is 0 Å². The smallest absolute Gasteiger partial charge is 0.227 e. The second kappa shape index (κ2) is 8.19. The fourth-order valence-electron chi connectivity index (χ4n) is 4.24. The fourth-order valence-corrected chi connectivity index (χ4v) is 4.84. The van der Waals surface area contributed by atoms with Gasteiger partial charge in [0, 0.05) is 42.2 Å². The lowest BCUT2D eigenvalue weighted by molar-refractivity contribution is 0.313. The maximum absolute atomic E-state index is 9.72. The average molecular weight is 442 g/mol. The zero-order valence-corrected chi connectivity index (χ0v) is 18.8. The van der Waals surface area contributed by atoms with Gasteiger partial charge in [0.2, 0.25) is 5.95 Å². The number of para-hydroxylation sites is 1. The van der Waals surface area contributed by atoms with Crippen molar-refractivity contribution in [3.05, 3.63) is 65.5 Å². The van der Waals surface area contributed by atoms with Crippen molar-refractivity contribution in [3.8, 4) is 17.3 Å². The van der Waals surface area contributed by atoms with Crippen molar-refractivity contribution in [2.45, 2.75) is 13.0 Å².